The predicted molar refractivity (Wildman–Crippen MR) is 103 cm³/mol. The van der Waals surface area contributed by atoms with Gasteiger partial charge in [-0.1, -0.05) is 53.5 Å². The van der Waals surface area contributed by atoms with E-state index in [9.17, 15) is 0 Å². The third-order valence-electron chi connectivity index (χ3n) is 4.15. The summed E-state index contributed by atoms with van der Waals surface area (Å²) in [5.41, 5.74) is 3.38. The Balaban J connectivity index is 2.13. The van der Waals surface area contributed by atoms with Crippen LogP contribution < -0.4 is 9.47 Å². The van der Waals surface area contributed by atoms with Gasteiger partial charge in [0.15, 0.2) is 11.5 Å². The maximum Gasteiger partial charge on any atom is 0.161 e. The summed E-state index contributed by atoms with van der Waals surface area (Å²) in [6.07, 6.45) is 0. The summed E-state index contributed by atoms with van der Waals surface area (Å²) in [7, 11) is 3.27. The first-order chi connectivity index (χ1) is 12.1. The van der Waals surface area contributed by atoms with Crippen molar-refractivity contribution in [2.75, 3.05) is 14.2 Å². The van der Waals surface area contributed by atoms with Gasteiger partial charge in [0.1, 0.15) is 0 Å². The van der Waals surface area contributed by atoms with E-state index >= 15 is 0 Å². The number of ether oxygens (including phenoxy) is 2. The minimum Gasteiger partial charge on any atom is -0.493 e. The maximum absolute atomic E-state index is 6.06. The lowest BCUT2D eigenvalue weighted by molar-refractivity contribution is 0.354. The molecule has 2 nitrogen and oxygen atoms in total. The largest absolute Gasteiger partial charge is 0.493 e. The normalized spacial score (nSPS) is 10.8. The van der Waals surface area contributed by atoms with Gasteiger partial charge in [-0.15, -0.1) is 0 Å². The molecule has 0 unspecified atom stereocenters. The van der Waals surface area contributed by atoms with Crippen LogP contribution in [0.15, 0.2) is 66.7 Å². The van der Waals surface area contributed by atoms with Crippen molar-refractivity contribution in [3.05, 3.63) is 93.5 Å². The van der Waals surface area contributed by atoms with Crippen LogP contribution in [-0.4, -0.2) is 14.2 Å². The van der Waals surface area contributed by atoms with Crippen molar-refractivity contribution in [3.8, 4) is 11.5 Å². The van der Waals surface area contributed by atoms with Gasteiger partial charge in [-0.3, -0.25) is 0 Å². The minimum absolute atomic E-state index is 0.0364. The average molecular weight is 373 g/mol. The summed E-state index contributed by atoms with van der Waals surface area (Å²) in [5, 5.41) is 1.43. The Bertz CT molecular complexity index is 797. The second kappa shape index (κ2) is 7.81. The molecule has 0 saturated heterocycles. The van der Waals surface area contributed by atoms with Crippen LogP contribution in [-0.2, 0) is 0 Å². The molecule has 0 spiro atoms. The van der Waals surface area contributed by atoms with Crippen LogP contribution in [0.25, 0.3) is 0 Å². The van der Waals surface area contributed by atoms with Gasteiger partial charge < -0.3 is 9.47 Å². The zero-order valence-electron chi connectivity index (χ0n) is 14.0. The molecular weight excluding hydrogens is 355 g/mol. The van der Waals surface area contributed by atoms with Crippen LogP contribution in [0.5, 0.6) is 11.5 Å². The summed E-state index contributed by atoms with van der Waals surface area (Å²) in [4.78, 5) is 0. The zero-order valence-corrected chi connectivity index (χ0v) is 15.5. The second-order valence-electron chi connectivity index (χ2n) is 5.65. The Morgan fingerprint density at radius 3 is 1.48 bits per heavy atom. The first-order valence-corrected chi connectivity index (χ1v) is 8.61. The summed E-state index contributed by atoms with van der Waals surface area (Å²) in [6.45, 7) is 0. The molecule has 0 N–H and O–H groups in total. The summed E-state index contributed by atoms with van der Waals surface area (Å²) >= 11 is 12.1. The topological polar surface area (TPSA) is 18.5 Å². The molecule has 0 radical (unpaired) electrons. The van der Waals surface area contributed by atoms with Crippen LogP contribution >= 0.6 is 23.2 Å². The van der Waals surface area contributed by atoms with E-state index in [0.29, 0.717) is 21.5 Å². The molecule has 0 fully saturated rings. The monoisotopic (exact) mass is 372 g/mol. The number of halogens is 2. The number of benzene rings is 3. The van der Waals surface area contributed by atoms with Crippen molar-refractivity contribution < 1.29 is 9.47 Å². The van der Waals surface area contributed by atoms with Crippen molar-refractivity contribution in [2.45, 2.75) is 5.92 Å². The minimum atomic E-state index is 0.0364. The first-order valence-electron chi connectivity index (χ1n) is 7.85. The van der Waals surface area contributed by atoms with Crippen molar-refractivity contribution in [1.29, 1.82) is 0 Å². The van der Waals surface area contributed by atoms with Gasteiger partial charge in [0.2, 0.25) is 0 Å². The molecule has 0 aliphatic carbocycles. The Morgan fingerprint density at radius 1 is 0.600 bits per heavy atom. The van der Waals surface area contributed by atoms with Crippen molar-refractivity contribution in [2.24, 2.45) is 0 Å². The highest BCUT2D eigenvalue weighted by Gasteiger charge is 2.19. The van der Waals surface area contributed by atoms with Gasteiger partial charge in [0, 0.05) is 16.0 Å². The molecule has 3 rings (SSSR count). The van der Waals surface area contributed by atoms with Gasteiger partial charge in [-0.2, -0.15) is 0 Å². The molecule has 0 saturated carbocycles. The Hall–Kier alpha value is -2.16. The van der Waals surface area contributed by atoms with E-state index in [-0.39, 0.29) is 5.92 Å². The molecule has 3 aromatic carbocycles. The van der Waals surface area contributed by atoms with Crippen molar-refractivity contribution >= 4 is 23.2 Å². The second-order valence-corrected chi connectivity index (χ2v) is 6.52. The SMILES string of the molecule is COc1ccc(C(c2ccc(Cl)cc2)c2ccc(Cl)cc2)cc1OC. The van der Waals surface area contributed by atoms with E-state index in [1.807, 2.05) is 60.7 Å². The third-order valence-corrected chi connectivity index (χ3v) is 4.65. The van der Waals surface area contributed by atoms with E-state index < -0.39 is 0 Å². The molecule has 0 aliphatic rings. The standard InChI is InChI=1S/C21H18Cl2O2/c1-24-19-12-7-16(13-20(19)25-2)21(14-3-8-17(22)9-4-14)15-5-10-18(23)11-6-15/h3-13,21H,1-2H3. The highest BCUT2D eigenvalue weighted by Crippen LogP contribution is 2.37. The molecule has 4 heteroatoms. The smallest absolute Gasteiger partial charge is 0.161 e. The quantitative estimate of drug-likeness (QED) is 0.497. The van der Waals surface area contributed by atoms with Crippen LogP contribution in [0.4, 0.5) is 0 Å². The maximum atomic E-state index is 6.06. The molecule has 0 atom stereocenters. The van der Waals surface area contributed by atoms with Gasteiger partial charge >= 0.3 is 0 Å². The first kappa shape index (κ1) is 17.7. The van der Waals surface area contributed by atoms with E-state index in [1.165, 1.54) is 0 Å². The number of hydrogen-bond donors (Lipinski definition) is 0. The fraction of sp³-hybridized carbons (Fsp3) is 0.143. The average Bonchev–Trinajstić information content (AvgIpc) is 2.65. The van der Waals surface area contributed by atoms with E-state index in [1.54, 1.807) is 14.2 Å². The lowest BCUT2D eigenvalue weighted by atomic mass is 9.85. The zero-order chi connectivity index (χ0) is 17.8. The molecule has 3 aromatic rings. The lowest BCUT2D eigenvalue weighted by Crippen LogP contribution is -2.04. The summed E-state index contributed by atoms with van der Waals surface area (Å²) in [6, 6.07) is 21.8. The number of hydrogen-bond acceptors (Lipinski definition) is 2. The molecule has 0 aliphatic heterocycles. The Kier molecular flexibility index (Phi) is 5.52. The van der Waals surface area contributed by atoms with Crippen molar-refractivity contribution in [3.63, 3.8) is 0 Å². The molecule has 25 heavy (non-hydrogen) atoms. The van der Waals surface area contributed by atoms with Gasteiger partial charge in [0.05, 0.1) is 14.2 Å². The molecule has 0 amide bonds. The van der Waals surface area contributed by atoms with E-state index in [0.717, 1.165) is 16.7 Å². The molecule has 0 heterocycles. The van der Waals surface area contributed by atoms with Crippen LogP contribution in [0.3, 0.4) is 0 Å². The molecule has 0 aromatic heterocycles. The van der Waals surface area contributed by atoms with Crippen molar-refractivity contribution in [1.82, 2.24) is 0 Å². The number of methoxy groups -OCH3 is 2. The van der Waals surface area contributed by atoms with Crippen LogP contribution in [0, 0.1) is 0 Å². The number of rotatable bonds is 5. The third kappa shape index (κ3) is 3.92. The van der Waals surface area contributed by atoms with Gasteiger partial charge in [-0.25, -0.2) is 0 Å². The van der Waals surface area contributed by atoms with Gasteiger partial charge in [0.25, 0.3) is 0 Å². The Labute approximate surface area is 157 Å². The fourth-order valence-corrected chi connectivity index (χ4v) is 3.17. The van der Waals surface area contributed by atoms with E-state index in [4.69, 9.17) is 32.7 Å². The molecule has 128 valence electrons. The lowest BCUT2D eigenvalue weighted by Gasteiger charge is -2.20. The summed E-state index contributed by atoms with van der Waals surface area (Å²) in [5.74, 6) is 1.44. The van der Waals surface area contributed by atoms with Crippen LogP contribution in [0.2, 0.25) is 10.0 Å². The highest BCUT2D eigenvalue weighted by molar-refractivity contribution is 6.30. The molecular formula is C21H18Cl2O2. The van der Waals surface area contributed by atoms with Crippen LogP contribution in [0.1, 0.15) is 22.6 Å². The predicted octanol–water partition coefficient (Wildman–Crippen LogP) is 6.19. The molecule has 0 bridgehead atoms. The highest BCUT2D eigenvalue weighted by atomic mass is 35.5. The van der Waals surface area contributed by atoms with Gasteiger partial charge in [-0.05, 0) is 53.1 Å². The summed E-state index contributed by atoms with van der Waals surface area (Å²) < 4.78 is 10.8. The fourth-order valence-electron chi connectivity index (χ4n) is 2.92. The Morgan fingerprint density at radius 2 is 1.04 bits per heavy atom. The van der Waals surface area contributed by atoms with E-state index in [2.05, 4.69) is 6.07 Å².